The lowest BCUT2D eigenvalue weighted by Gasteiger charge is -2.26. The fourth-order valence-electron chi connectivity index (χ4n) is 1.96. The van der Waals surface area contributed by atoms with Crippen molar-refractivity contribution in [2.24, 2.45) is 0 Å². The quantitative estimate of drug-likeness (QED) is 0.797. The molecule has 6 nitrogen and oxygen atoms in total. The van der Waals surface area contributed by atoms with Crippen molar-refractivity contribution in [3.63, 3.8) is 0 Å². The van der Waals surface area contributed by atoms with Crippen LogP contribution in [0, 0.1) is 0 Å². The Hall–Kier alpha value is -2.37. The molecule has 2 heterocycles. The molecule has 2 N–H and O–H groups in total. The molecule has 2 rings (SSSR count). The van der Waals surface area contributed by atoms with Crippen molar-refractivity contribution in [2.45, 2.75) is 13.3 Å². The van der Waals surface area contributed by atoms with Crippen molar-refractivity contribution in [1.82, 2.24) is 9.88 Å². The first-order chi connectivity index (χ1) is 9.08. The van der Waals surface area contributed by atoms with Crippen LogP contribution in [0.4, 0.5) is 10.5 Å². The Balaban J connectivity index is 2.11. The number of anilines is 1. The first-order valence-electron chi connectivity index (χ1n) is 5.98. The molecule has 1 aliphatic rings. The number of urea groups is 1. The summed E-state index contributed by atoms with van der Waals surface area (Å²) in [5.74, 6) is -1.16. The van der Waals surface area contributed by atoms with E-state index >= 15 is 0 Å². The van der Waals surface area contributed by atoms with E-state index in [0.717, 1.165) is 12.0 Å². The molecule has 0 aromatic carbocycles. The molecular formula is C13H15N3O3. The number of hydrogen-bond acceptors (Lipinski definition) is 3. The summed E-state index contributed by atoms with van der Waals surface area (Å²) < 4.78 is 0. The van der Waals surface area contributed by atoms with Crippen LogP contribution < -0.4 is 5.32 Å². The lowest BCUT2D eigenvalue weighted by molar-refractivity contribution is 0.0691. The second-order valence-electron chi connectivity index (χ2n) is 4.40. The molecule has 0 bridgehead atoms. The van der Waals surface area contributed by atoms with E-state index in [-0.39, 0.29) is 17.4 Å². The predicted molar refractivity (Wildman–Crippen MR) is 70.2 cm³/mol. The Labute approximate surface area is 110 Å². The maximum absolute atomic E-state index is 12.1. The van der Waals surface area contributed by atoms with Gasteiger partial charge in [-0.3, -0.25) is 0 Å². The van der Waals surface area contributed by atoms with E-state index in [9.17, 15) is 9.59 Å². The Morgan fingerprint density at radius 3 is 2.95 bits per heavy atom. The monoisotopic (exact) mass is 261 g/mol. The van der Waals surface area contributed by atoms with E-state index in [1.807, 2.05) is 6.92 Å². The van der Waals surface area contributed by atoms with Crippen LogP contribution in [0.3, 0.4) is 0 Å². The van der Waals surface area contributed by atoms with Crippen molar-refractivity contribution in [3.05, 3.63) is 35.7 Å². The zero-order valence-electron chi connectivity index (χ0n) is 10.6. The number of nitrogens with zero attached hydrogens (tertiary/aromatic N) is 2. The third-order valence-electron chi connectivity index (χ3n) is 2.87. The van der Waals surface area contributed by atoms with E-state index in [1.165, 1.54) is 12.3 Å². The molecule has 100 valence electrons. The summed E-state index contributed by atoms with van der Waals surface area (Å²) in [5.41, 5.74) is 1.19. The molecule has 1 aromatic heterocycles. The van der Waals surface area contributed by atoms with Crippen LogP contribution in [-0.2, 0) is 0 Å². The molecule has 0 fully saturated rings. The molecular weight excluding hydrogens is 246 g/mol. The summed E-state index contributed by atoms with van der Waals surface area (Å²) >= 11 is 0. The predicted octanol–water partition coefficient (Wildman–Crippen LogP) is 1.96. The van der Waals surface area contributed by atoms with Crippen LogP contribution in [0.25, 0.3) is 0 Å². The van der Waals surface area contributed by atoms with Crippen LogP contribution in [-0.4, -0.2) is 40.1 Å². The van der Waals surface area contributed by atoms with Crippen molar-refractivity contribution >= 4 is 17.7 Å². The number of rotatable bonds is 2. The van der Waals surface area contributed by atoms with Crippen molar-refractivity contribution in [1.29, 1.82) is 0 Å². The summed E-state index contributed by atoms with van der Waals surface area (Å²) in [7, 11) is 0. The van der Waals surface area contributed by atoms with Crippen molar-refractivity contribution < 1.29 is 14.7 Å². The Morgan fingerprint density at radius 1 is 1.47 bits per heavy atom. The highest BCUT2D eigenvalue weighted by Gasteiger charge is 2.19. The van der Waals surface area contributed by atoms with Crippen LogP contribution in [0.15, 0.2) is 30.0 Å². The topological polar surface area (TPSA) is 82.5 Å². The summed E-state index contributed by atoms with van der Waals surface area (Å²) in [6.45, 7) is 3.16. The molecule has 0 unspecified atom stereocenters. The molecule has 6 heteroatoms. The molecule has 0 saturated heterocycles. The lowest BCUT2D eigenvalue weighted by Crippen LogP contribution is -2.38. The van der Waals surface area contributed by atoms with Gasteiger partial charge in [0.05, 0.1) is 5.69 Å². The standard InChI is InChI=1S/C13H15N3O3/c1-9-4-3-7-16(8-9)13(19)15-10-5-2-6-14-11(10)12(17)18/h2,4-6H,3,7-8H2,1H3,(H,15,19)(H,17,18). The number of carboxylic acids is 1. The number of aromatic nitrogens is 1. The minimum atomic E-state index is -1.16. The first kappa shape index (κ1) is 13.1. The first-order valence-corrected chi connectivity index (χ1v) is 5.98. The number of carbonyl (C=O) groups excluding carboxylic acids is 1. The van der Waals surface area contributed by atoms with Crippen LogP contribution in [0.1, 0.15) is 23.8 Å². The summed E-state index contributed by atoms with van der Waals surface area (Å²) in [5, 5.41) is 11.6. The van der Waals surface area contributed by atoms with Crippen molar-refractivity contribution in [2.75, 3.05) is 18.4 Å². The van der Waals surface area contributed by atoms with E-state index in [4.69, 9.17) is 5.11 Å². The van der Waals surface area contributed by atoms with E-state index in [1.54, 1.807) is 11.0 Å². The van der Waals surface area contributed by atoms with Gasteiger partial charge in [-0.15, -0.1) is 0 Å². The zero-order chi connectivity index (χ0) is 13.8. The fourth-order valence-corrected chi connectivity index (χ4v) is 1.96. The normalized spacial score (nSPS) is 14.8. The molecule has 0 spiro atoms. The van der Waals surface area contributed by atoms with Gasteiger partial charge in [0.2, 0.25) is 0 Å². The Bertz CT molecular complexity index is 540. The van der Waals surface area contributed by atoms with Gasteiger partial charge in [0.1, 0.15) is 0 Å². The molecule has 0 radical (unpaired) electrons. The highest BCUT2D eigenvalue weighted by molar-refractivity contribution is 5.98. The Kier molecular flexibility index (Phi) is 3.79. The average molecular weight is 261 g/mol. The van der Waals surface area contributed by atoms with Gasteiger partial charge in [-0.2, -0.15) is 0 Å². The van der Waals surface area contributed by atoms with Gasteiger partial charge in [-0.1, -0.05) is 11.6 Å². The summed E-state index contributed by atoms with van der Waals surface area (Å²) in [6.07, 6.45) is 4.29. The number of pyridine rings is 1. The van der Waals surface area contributed by atoms with E-state index in [2.05, 4.69) is 16.4 Å². The third kappa shape index (κ3) is 3.09. The fraction of sp³-hybridized carbons (Fsp3) is 0.308. The van der Waals surface area contributed by atoms with Gasteiger partial charge in [-0.25, -0.2) is 14.6 Å². The van der Waals surface area contributed by atoms with Crippen LogP contribution in [0.2, 0.25) is 0 Å². The molecule has 0 aliphatic carbocycles. The zero-order valence-corrected chi connectivity index (χ0v) is 10.6. The minimum Gasteiger partial charge on any atom is -0.476 e. The van der Waals surface area contributed by atoms with Crippen molar-refractivity contribution in [3.8, 4) is 0 Å². The largest absolute Gasteiger partial charge is 0.476 e. The highest BCUT2D eigenvalue weighted by atomic mass is 16.4. The lowest BCUT2D eigenvalue weighted by atomic mass is 10.1. The highest BCUT2D eigenvalue weighted by Crippen LogP contribution is 2.15. The molecule has 19 heavy (non-hydrogen) atoms. The second-order valence-corrected chi connectivity index (χ2v) is 4.40. The summed E-state index contributed by atoms with van der Waals surface area (Å²) in [4.78, 5) is 28.4. The van der Waals surface area contributed by atoms with E-state index < -0.39 is 5.97 Å². The summed E-state index contributed by atoms with van der Waals surface area (Å²) in [6, 6.07) is 2.81. The second kappa shape index (κ2) is 5.51. The van der Waals surface area contributed by atoms with Gasteiger partial charge in [0, 0.05) is 19.3 Å². The third-order valence-corrected chi connectivity index (χ3v) is 2.87. The van der Waals surface area contributed by atoms with Gasteiger partial charge < -0.3 is 15.3 Å². The van der Waals surface area contributed by atoms with E-state index in [0.29, 0.717) is 13.1 Å². The van der Waals surface area contributed by atoms with Gasteiger partial charge in [0.15, 0.2) is 5.69 Å². The van der Waals surface area contributed by atoms with Crippen LogP contribution >= 0.6 is 0 Å². The number of hydrogen-bond donors (Lipinski definition) is 2. The minimum absolute atomic E-state index is 0.153. The van der Waals surface area contributed by atoms with Crippen LogP contribution in [0.5, 0.6) is 0 Å². The molecule has 2 amide bonds. The molecule has 1 aliphatic heterocycles. The maximum atomic E-state index is 12.1. The maximum Gasteiger partial charge on any atom is 0.356 e. The van der Waals surface area contributed by atoms with Gasteiger partial charge >= 0.3 is 12.0 Å². The number of aromatic carboxylic acids is 1. The molecule has 1 aromatic rings. The number of nitrogens with one attached hydrogen (secondary N) is 1. The van der Waals surface area contributed by atoms with Gasteiger partial charge in [-0.05, 0) is 25.5 Å². The number of amides is 2. The number of carbonyl (C=O) groups is 2. The molecule has 0 saturated carbocycles. The number of carboxylic acid groups (broad SMARTS) is 1. The SMILES string of the molecule is CC1=CCCN(C(=O)Nc2cccnc2C(=O)O)C1. The molecule has 0 atom stereocenters. The Morgan fingerprint density at radius 2 is 2.26 bits per heavy atom. The van der Waals surface area contributed by atoms with Gasteiger partial charge in [0.25, 0.3) is 0 Å². The smallest absolute Gasteiger partial charge is 0.356 e. The average Bonchev–Trinajstić information content (AvgIpc) is 2.39.